The van der Waals surface area contributed by atoms with Crippen LogP contribution >= 0.6 is 0 Å². The van der Waals surface area contributed by atoms with Gasteiger partial charge in [-0.05, 0) is 32.4 Å². The molecule has 2 N–H and O–H groups in total. The van der Waals surface area contributed by atoms with Crippen LogP contribution in [0.25, 0.3) is 27.0 Å². The average molecular weight is 431 g/mol. The lowest BCUT2D eigenvalue weighted by molar-refractivity contribution is -0.141. The quantitative estimate of drug-likeness (QED) is 0.501. The number of hydrogen-bond acceptors (Lipinski definition) is 3. The molecule has 1 unspecified atom stereocenters. The first-order chi connectivity index (χ1) is 14.6. The van der Waals surface area contributed by atoms with Crippen LogP contribution in [0.5, 0.6) is 0 Å². The number of nitrogens with one attached hydrogen (secondary N) is 1. The summed E-state index contributed by atoms with van der Waals surface area (Å²) < 4.78 is 48.0. The lowest BCUT2D eigenvalue weighted by Gasteiger charge is -2.32. The zero-order chi connectivity index (χ0) is 22.9. The van der Waals surface area contributed by atoms with Crippen molar-refractivity contribution in [3.63, 3.8) is 0 Å². The number of hydrogen-bond donors (Lipinski definition) is 2. The number of aliphatic carboxylic acids is 1. The highest BCUT2D eigenvalue weighted by atomic mass is 19.1. The third kappa shape index (κ3) is 4.39. The van der Waals surface area contributed by atoms with Crippen molar-refractivity contribution >= 4 is 22.6 Å². The van der Waals surface area contributed by atoms with Crippen LogP contribution in [0, 0.1) is 29.9 Å². The van der Waals surface area contributed by atoms with Gasteiger partial charge in [-0.3, -0.25) is 9.78 Å². The molecule has 0 bridgehead atoms. The number of carbonyl (C=O) groups is 1. The largest absolute Gasteiger partial charge is 0.481 e. The summed E-state index contributed by atoms with van der Waals surface area (Å²) in [5.74, 6) is -4.08. The molecule has 2 aromatic heterocycles. The second-order valence-corrected chi connectivity index (χ2v) is 7.72. The van der Waals surface area contributed by atoms with Crippen molar-refractivity contribution < 1.29 is 27.8 Å². The number of nitrogens with zero attached hydrogens (tertiary/aromatic N) is 2. The molecule has 2 heterocycles. The van der Waals surface area contributed by atoms with E-state index in [4.69, 9.17) is 11.3 Å². The Morgan fingerprint density at radius 1 is 1.29 bits per heavy atom. The summed E-state index contributed by atoms with van der Waals surface area (Å²) in [5, 5.41) is 9.42. The van der Waals surface area contributed by atoms with Gasteiger partial charge >= 0.3 is 5.97 Å². The Hall–Kier alpha value is -3.38. The maximum atomic E-state index is 14.8. The van der Waals surface area contributed by atoms with Crippen molar-refractivity contribution in [1.29, 1.82) is 0 Å². The highest BCUT2D eigenvalue weighted by molar-refractivity contribution is 5.97. The fraction of sp³-hybridized carbons (Fsp3) is 0.318. The molecule has 3 aromatic rings. The molecule has 0 aliphatic heterocycles. The predicted molar refractivity (Wildman–Crippen MR) is 108 cm³/mol. The average Bonchev–Trinajstić information content (AvgIpc) is 3.12. The zero-order valence-corrected chi connectivity index (χ0v) is 17.1. The fourth-order valence-electron chi connectivity index (χ4n) is 3.47. The Morgan fingerprint density at radius 3 is 2.61 bits per heavy atom. The molecule has 0 spiro atoms. The van der Waals surface area contributed by atoms with Gasteiger partial charge in [0.25, 0.3) is 0 Å². The second-order valence-electron chi connectivity index (χ2n) is 7.72. The van der Waals surface area contributed by atoms with Gasteiger partial charge in [-0.25, -0.2) is 18.0 Å². The van der Waals surface area contributed by atoms with Crippen molar-refractivity contribution in [2.24, 2.45) is 5.92 Å². The van der Waals surface area contributed by atoms with Crippen molar-refractivity contribution in [1.82, 2.24) is 9.97 Å². The van der Waals surface area contributed by atoms with Crippen LogP contribution in [0.15, 0.2) is 24.4 Å². The van der Waals surface area contributed by atoms with E-state index in [1.54, 1.807) is 13.8 Å². The Kier molecular flexibility index (Phi) is 6.04. The molecular weight excluding hydrogens is 411 g/mol. The van der Waals surface area contributed by atoms with E-state index in [0.717, 1.165) is 18.2 Å². The van der Waals surface area contributed by atoms with E-state index in [0.29, 0.717) is 0 Å². The molecule has 0 saturated heterocycles. The lowest BCUT2D eigenvalue weighted by atomic mass is 9.84. The zero-order valence-electron chi connectivity index (χ0n) is 17.1. The van der Waals surface area contributed by atoms with Crippen LogP contribution in [-0.4, -0.2) is 33.8 Å². The first kappa shape index (κ1) is 22.3. The molecular formula is C22H20F3N3O3. The summed E-state index contributed by atoms with van der Waals surface area (Å²) in [7, 11) is 1.43. The summed E-state index contributed by atoms with van der Waals surface area (Å²) in [5.41, 5.74) is -0.770. The number of carboxylic acid groups (broad SMARTS) is 1. The van der Waals surface area contributed by atoms with Gasteiger partial charge < -0.3 is 14.8 Å². The lowest BCUT2D eigenvalue weighted by Crippen LogP contribution is -2.36. The molecule has 0 amide bonds. The molecule has 0 aliphatic carbocycles. The molecule has 6 nitrogen and oxygen atoms in total. The third-order valence-corrected chi connectivity index (χ3v) is 5.48. The Balaban J connectivity index is 2.15. The molecule has 1 atom stereocenters. The molecule has 0 fully saturated rings. The summed E-state index contributed by atoms with van der Waals surface area (Å²) >= 11 is 0. The SMILES string of the molecule is [C-]#[N+]c1cc(F)c(CC(CC(=O)O)C(C)(C)OC)nc1-c1c[nH]c2c(F)cc(F)cc12. The van der Waals surface area contributed by atoms with Crippen LogP contribution in [0.1, 0.15) is 26.0 Å². The smallest absolute Gasteiger partial charge is 0.303 e. The van der Waals surface area contributed by atoms with E-state index in [1.807, 2.05) is 0 Å². The van der Waals surface area contributed by atoms with E-state index in [9.17, 15) is 23.1 Å². The van der Waals surface area contributed by atoms with Gasteiger partial charge in [0.05, 0.1) is 35.5 Å². The first-order valence-corrected chi connectivity index (χ1v) is 9.37. The molecule has 162 valence electrons. The predicted octanol–water partition coefficient (Wildman–Crippen LogP) is 5.26. The number of rotatable bonds is 7. The second kappa shape index (κ2) is 8.40. The number of aromatic amines is 1. The van der Waals surface area contributed by atoms with Crippen LogP contribution in [0.4, 0.5) is 18.9 Å². The van der Waals surface area contributed by atoms with E-state index < -0.39 is 34.9 Å². The molecule has 0 saturated carbocycles. The van der Waals surface area contributed by atoms with Crippen molar-refractivity contribution in [3.8, 4) is 11.3 Å². The standard InChI is InChI=1S/C22H20F3N3O3/c1-22(2,31-4)11(6-19(29)30)5-17-15(24)9-18(26-3)21(28-17)14-10-27-20-13(14)7-12(23)8-16(20)25/h7-11,27H,5-6H2,1-2,4H3,(H,29,30). The summed E-state index contributed by atoms with van der Waals surface area (Å²) in [6.07, 6.45) is 1.01. The van der Waals surface area contributed by atoms with Gasteiger partial charge in [0.15, 0.2) is 0 Å². The maximum absolute atomic E-state index is 14.8. The van der Waals surface area contributed by atoms with E-state index in [2.05, 4.69) is 14.8 Å². The molecule has 9 heteroatoms. The topological polar surface area (TPSA) is 79.6 Å². The molecule has 31 heavy (non-hydrogen) atoms. The van der Waals surface area contributed by atoms with Crippen LogP contribution in [-0.2, 0) is 16.0 Å². The number of carboxylic acids is 1. The van der Waals surface area contributed by atoms with Crippen molar-refractivity contribution in [3.05, 3.63) is 59.0 Å². The summed E-state index contributed by atoms with van der Waals surface area (Å²) in [6.45, 7) is 10.8. The first-order valence-electron chi connectivity index (χ1n) is 9.37. The van der Waals surface area contributed by atoms with Crippen molar-refractivity contribution in [2.45, 2.75) is 32.3 Å². The van der Waals surface area contributed by atoms with Gasteiger partial charge in [-0.2, -0.15) is 0 Å². The normalized spacial score (nSPS) is 12.7. The number of benzene rings is 1. The number of pyridine rings is 1. The Bertz CT molecular complexity index is 1200. The number of aromatic nitrogens is 2. The number of halogens is 3. The number of methoxy groups -OCH3 is 1. The number of fused-ring (bicyclic) bond motifs is 1. The minimum Gasteiger partial charge on any atom is -0.481 e. The van der Waals surface area contributed by atoms with Crippen LogP contribution in [0.3, 0.4) is 0 Å². The fourth-order valence-corrected chi connectivity index (χ4v) is 3.47. The van der Waals surface area contributed by atoms with Gasteiger partial charge in [0, 0.05) is 36.2 Å². The minimum atomic E-state index is -1.07. The molecule has 1 aromatic carbocycles. The summed E-state index contributed by atoms with van der Waals surface area (Å²) in [6, 6.07) is 2.83. The van der Waals surface area contributed by atoms with Gasteiger partial charge in [-0.1, -0.05) is 0 Å². The third-order valence-electron chi connectivity index (χ3n) is 5.48. The summed E-state index contributed by atoms with van der Waals surface area (Å²) in [4.78, 5) is 21.6. The Labute approximate surface area is 176 Å². The van der Waals surface area contributed by atoms with Crippen molar-refractivity contribution in [2.75, 3.05) is 7.11 Å². The Morgan fingerprint density at radius 2 is 2.00 bits per heavy atom. The van der Waals surface area contributed by atoms with E-state index in [1.165, 1.54) is 13.3 Å². The molecule has 0 aliphatic rings. The number of H-pyrrole nitrogens is 1. The van der Waals surface area contributed by atoms with Crippen LogP contribution in [0.2, 0.25) is 0 Å². The molecule has 0 radical (unpaired) electrons. The minimum absolute atomic E-state index is 0.0317. The van der Waals surface area contributed by atoms with Gasteiger partial charge in [-0.15, -0.1) is 0 Å². The van der Waals surface area contributed by atoms with E-state index >= 15 is 0 Å². The van der Waals surface area contributed by atoms with Gasteiger partial charge in [0.2, 0.25) is 5.69 Å². The van der Waals surface area contributed by atoms with Crippen LogP contribution < -0.4 is 0 Å². The highest BCUT2D eigenvalue weighted by Crippen LogP contribution is 2.37. The number of ether oxygens (including phenoxy) is 1. The van der Waals surface area contributed by atoms with Gasteiger partial charge in [0.1, 0.15) is 17.5 Å². The highest BCUT2D eigenvalue weighted by Gasteiger charge is 2.33. The van der Waals surface area contributed by atoms with E-state index in [-0.39, 0.29) is 46.4 Å². The maximum Gasteiger partial charge on any atom is 0.303 e. The monoisotopic (exact) mass is 431 g/mol. The molecule has 3 rings (SSSR count).